The zero-order chi connectivity index (χ0) is 20.6. The monoisotopic (exact) mass is 482 g/mol. The summed E-state index contributed by atoms with van der Waals surface area (Å²) in [6.07, 6.45) is 16.1. The van der Waals surface area contributed by atoms with Gasteiger partial charge in [-0.05, 0) is 114 Å². The SMILES string of the molecule is CC(C)CCCC[C@H]1CCC2C3CC(CSBr)C4=C(CCC(O)C4)C3CCC21C. The summed E-state index contributed by atoms with van der Waals surface area (Å²) in [6, 6.07) is 0. The van der Waals surface area contributed by atoms with E-state index in [1.54, 1.807) is 5.57 Å². The predicted octanol–water partition coefficient (Wildman–Crippen LogP) is 8.17. The fourth-order valence-electron chi connectivity index (χ4n) is 8.11. The van der Waals surface area contributed by atoms with Crippen LogP contribution in [0.5, 0.6) is 0 Å². The summed E-state index contributed by atoms with van der Waals surface area (Å²) in [5.41, 5.74) is 4.11. The smallest absolute Gasteiger partial charge is 0.0580 e. The fourth-order valence-corrected chi connectivity index (χ4v) is 9.56. The lowest BCUT2D eigenvalue weighted by Crippen LogP contribution is -2.46. The highest BCUT2D eigenvalue weighted by atomic mass is 79.9. The van der Waals surface area contributed by atoms with E-state index in [-0.39, 0.29) is 6.10 Å². The van der Waals surface area contributed by atoms with Crippen molar-refractivity contribution < 1.29 is 5.11 Å². The molecular formula is C26H43BrOS. The van der Waals surface area contributed by atoms with Crippen LogP contribution in [0.2, 0.25) is 0 Å². The van der Waals surface area contributed by atoms with Crippen LogP contribution in [0.1, 0.15) is 97.8 Å². The third-order valence-electron chi connectivity index (χ3n) is 9.59. The van der Waals surface area contributed by atoms with Gasteiger partial charge < -0.3 is 5.11 Å². The summed E-state index contributed by atoms with van der Waals surface area (Å²) >= 11 is 3.66. The van der Waals surface area contributed by atoms with Crippen molar-refractivity contribution in [2.45, 2.75) is 104 Å². The highest BCUT2D eigenvalue weighted by Crippen LogP contribution is 2.64. The van der Waals surface area contributed by atoms with E-state index in [4.69, 9.17) is 0 Å². The third-order valence-corrected chi connectivity index (χ3v) is 10.9. The fraction of sp³-hybridized carbons (Fsp3) is 0.923. The van der Waals surface area contributed by atoms with E-state index in [1.807, 2.05) is 15.8 Å². The van der Waals surface area contributed by atoms with Crippen molar-refractivity contribution in [1.82, 2.24) is 0 Å². The van der Waals surface area contributed by atoms with Crippen LogP contribution >= 0.6 is 25.0 Å². The molecule has 2 fully saturated rings. The van der Waals surface area contributed by atoms with E-state index >= 15 is 0 Å². The van der Waals surface area contributed by atoms with Gasteiger partial charge in [0.25, 0.3) is 0 Å². The first kappa shape index (κ1) is 22.7. The van der Waals surface area contributed by atoms with Gasteiger partial charge in [-0.25, -0.2) is 0 Å². The minimum absolute atomic E-state index is 0.0799. The van der Waals surface area contributed by atoms with Gasteiger partial charge in [-0.2, -0.15) is 0 Å². The molecule has 0 bridgehead atoms. The molecule has 166 valence electrons. The second-order valence-electron chi connectivity index (χ2n) is 11.5. The molecule has 1 N–H and O–H groups in total. The minimum atomic E-state index is -0.0799. The average molecular weight is 484 g/mol. The predicted molar refractivity (Wildman–Crippen MR) is 130 cm³/mol. The lowest BCUT2D eigenvalue weighted by Gasteiger charge is -2.54. The Kier molecular flexibility index (Phi) is 7.50. The van der Waals surface area contributed by atoms with E-state index in [0.29, 0.717) is 11.3 Å². The van der Waals surface area contributed by atoms with Gasteiger partial charge in [0.1, 0.15) is 0 Å². The number of halogens is 1. The normalized spacial score (nSPS) is 42.0. The number of fused-ring (bicyclic) bond motifs is 4. The molecule has 4 aliphatic carbocycles. The van der Waals surface area contributed by atoms with Gasteiger partial charge in [0.2, 0.25) is 0 Å². The number of hydrogen-bond donors (Lipinski definition) is 1. The van der Waals surface area contributed by atoms with Crippen molar-refractivity contribution in [2.75, 3.05) is 5.75 Å². The van der Waals surface area contributed by atoms with E-state index in [0.717, 1.165) is 42.4 Å². The molecule has 3 heteroatoms. The van der Waals surface area contributed by atoms with E-state index in [9.17, 15) is 5.11 Å². The number of aliphatic hydroxyl groups excluding tert-OH is 1. The zero-order valence-electron chi connectivity index (χ0n) is 19.0. The van der Waals surface area contributed by atoms with Crippen molar-refractivity contribution in [3.63, 3.8) is 0 Å². The van der Waals surface area contributed by atoms with Gasteiger partial charge in [-0.1, -0.05) is 61.4 Å². The molecular weight excluding hydrogens is 440 g/mol. The Morgan fingerprint density at radius 2 is 1.97 bits per heavy atom. The van der Waals surface area contributed by atoms with Crippen molar-refractivity contribution in [3.8, 4) is 0 Å². The molecule has 29 heavy (non-hydrogen) atoms. The maximum absolute atomic E-state index is 10.3. The van der Waals surface area contributed by atoms with Gasteiger partial charge >= 0.3 is 0 Å². The topological polar surface area (TPSA) is 20.2 Å². The molecule has 0 aromatic heterocycles. The molecule has 4 aliphatic rings. The van der Waals surface area contributed by atoms with Crippen LogP contribution in [0.15, 0.2) is 11.1 Å². The molecule has 0 aromatic carbocycles. The summed E-state index contributed by atoms with van der Waals surface area (Å²) < 4.78 is 0. The average Bonchev–Trinajstić information content (AvgIpc) is 3.02. The molecule has 0 spiro atoms. The van der Waals surface area contributed by atoms with Gasteiger partial charge in [-0.3, -0.25) is 0 Å². The highest BCUT2D eigenvalue weighted by Gasteiger charge is 2.55. The van der Waals surface area contributed by atoms with Crippen LogP contribution in [0.25, 0.3) is 0 Å². The summed E-state index contributed by atoms with van der Waals surface area (Å²) in [7, 11) is 1.84. The standard InChI is InChI=1S/C26H43BrOS/c1-17(2)6-4-5-7-19-8-11-25-24-14-18(16-29-27)23-15-20(28)9-10-21(23)22(24)12-13-26(19,25)3/h17-20,22,24-25,28H,4-16H2,1-3H3/t18?,19-,20?,22?,24?,25?,26?/m0/s1. The zero-order valence-corrected chi connectivity index (χ0v) is 21.4. The molecule has 0 aromatic rings. The van der Waals surface area contributed by atoms with Crippen LogP contribution in [-0.2, 0) is 0 Å². The van der Waals surface area contributed by atoms with Crippen LogP contribution < -0.4 is 0 Å². The van der Waals surface area contributed by atoms with Crippen LogP contribution in [0.4, 0.5) is 0 Å². The molecule has 0 aliphatic heterocycles. The van der Waals surface area contributed by atoms with E-state index < -0.39 is 0 Å². The first-order chi connectivity index (χ1) is 13.9. The second kappa shape index (κ2) is 9.57. The Labute approximate surface area is 191 Å². The van der Waals surface area contributed by atoms with E-state index in [2.05, 4.69) is 35.6 Å². The molecule has 7 atom stereocenters. The Morgan fingerprint density at radius 1 is 1.14 bits per heavy atom. The van der Waals surface area contributed by atoms with Crippen molar-refractivity contribution in [3.05, 3.63) is 11.1 Å². The molecule has 0 radical (unpaired) electrons. The van der Waals surface area contributed by atoms with E-state index in [1.165, 1.54) is 70.0 Å². The Morgan fingerprint density at radius 3 is 2.72 bits per heavy atom. The van der Waals surface area contributed by atoms with Gasteiger partial charge in [0, 0.05) is 5.75 Å². The maximum Gasteiger partial charge on any atom is 0.0580 e. The lowest BCUT2D eigenvalue weighted by molar-refractivity contribution is 0.00128. The number of aliphatic hydroxyl groups is 1. The Hall–Kier alpha value is 0.530. The number of unbranched alkanes of at least 4 members (excludes halogenated alkanes) is 1. The molecule has 0 amide bonds. The maximum atomic E-state index is 10.3. The van der Waals surface area contributed by atoms with Crippen LogP contribution in [0, 0.1) is 40.9 Å². The molecule has 0 saturated heterocycles. The quantitative estimate of drug-likeness (QED) is 0.291. The summed E-state index contributed by atoms with van der Waals surface area (Å²) in [4.78, 5) is 0. The largest absolute Gasteiger partial charge is 0.393 e. The first-order valence-corrected chi connectivity index (χ1v) is 15.4. The minimum Gasteiger partial charge on any atom is -0.393 e. The number of rotatable bonds is 7. The molecule has 1 nitrogen and oxygen atoms in total. The second-order valence-corrected chi connectivity index (χ2v) is 13.5. The number of hydrogen-bond acceptors (Lipinski definition) is 2. The molecule has 6 unspecified atom stereocenters. The van der Waals surface area contributed by atoms with Gasteiger partial charge in [-0.15, -0.1) is 0 Å². The Bertz CT molecular complexity index is 602. The molecule has 0 heterocycles. The lowest BCUT2D eigenvalue weighted by atomic mass is 9.51. The van der Waals surface area contributed by atoms with Gasteiger partial charge in [0.05, 0.1) is 6.10 Å². The van der Waals surface area contributed by atoms with Crippen LogP contribution in [-0.4, -0.2) is 17.0 Å². The number of allylic oxidation sites excluding steroid dienone is 1. The van der Waals surface area contributed by atoms with Crippen molar-refractivity contribution in [2.24, 2.45) is 40.9 Å². The highest BCUT2D eigenvalue weighted by molar-refractivity contribution is 9.50. The van der Waals surface area contributed by atoms with Crippen molar-refractivity contribution in [1.29, 1.82) is 0 Å². The summed E-state index contributed by atoms with van der Waals surface area (Å²) in [5, 5.41) is 10.3. The Balaban J connectivity index is 1.49. The van der Waals surface area contributed by atoms with Crippen LogP contribution in [0.3, 0.4) is 0 Å². The first-order valence-electron chi connectivity index (χ1n) is 12.6. The third kappa shape index (κ3) is 4.54. The molecule has 4 rings (SSSR count). The van der Waals surface area contributed by atoms with Gasteiger partial charge in [0.15, 0.2) is 0 Å². The van der Waals surface area contributed by atoms with Crippen molar-refractivity contribution >= 4 is 25.0 Å². The summed E-state index contributed by atoms with van der Waals surface area (Å²) in [6.45, 7) is 7.43. The molecule has 2 saturated carbocycles. The summed E-state index contributed by atoms with van der Waals surface area (Å²) in [5.74, 6) is 6.48.